The van der Waals surface area contributed by atoms with Crippen molar-refractivity contribution in [3.63, 3.8) is 0 Å². The van der Waals surface area contributed by atoms with Gasteiger partial charge in [0.15, 0.2) is 6.29 Å². The minimum atomic E-state index is -1.20. The average molecular weight is 550 g/mol. The molecule has 0 bridgehead atoms. The molecule has 0 saturated carbocycles. The lowest BCUT2D eigenvalue weighted by Gasteiger charge is -2.46. The summed E-state index contributed by atoms with van der Waals surface area (Å²) in [5.41, 5.74) is 0. The Morgan fingerprint density at radius 3 is 1.89 bits per heavy atom. The van der Waals surface area contributed by atoms with Gasteiger partial charge in [-0.1, -0.05) is 53.9 Å². The summed E-state index contributed by atoms with van der Waals surface area (Å²) < 4.78 is 37.0. The van der Waals surface area contributed by atoms with Gasteiger partial charge in [-0.3, -0.25) is 4.79 Å². The Hall–Kier alpha value is -0.850. The van der Waals surface area contributed by atoms with Crippen LogP contribution in [-0.2, 0) is 33.2 Å². The molecule has 1 aliphatic heterocycles. The lowest BCUT2D eigenvalue weighted by Crippen LogP contribution is -2.62. The van der Waals surface area contributed by atoms with Crippen molar-refractivity contribution in [1.29, 1.82) is 0 Å². The second kappa shape index (κ2) is 21.0. The number of nitrogens with one attached hydrogen (secondary N) is 1. The van der Waals surface area contributed by atoms with Crippen LogP contribution in [0.4, 0.5) is 0 Å². The number of carbonyl (C=O) groups is 1. The SMILES string of the molecule is CCCCOC1[C@@H](OC[C@H](NC(=O)CC)[C@H](O)[C@H](O)CC)OC(COC)[C@H](OCCCC)[C@@H]1OCCCC. The normalized spacial score (nSPS) is 26.2. The van der Waals surface area contributed by atoms with Crippen molar-refractivity contribution in [2.24, 2.45) is 0 Å². The topological polar surface area (TPSA) is 125 Å². The first kappa shape index (κ1) is 35.2. The van der Waals surface area contributed by atoms with E-state index >= 15 is 0 Å². The highest BCUT2D eigenvalue weighted by Crippen LogP contribution is 2.30. The van der Waals surface area contributed by atoms with E-state index in [2.05, 4.69) is 26.1 Å². The van der Waals surface area contributed by atoms with Crippen LogP contribution in [0.2, 0.25) is 0 Å². The van der Waals surface area contributed by atoms with Crippen LogP contribution in [-0.4, -0.2) is 105 Å². The average Bonchev–Trinajstić information content (AvgIpc) is 2.92. The van der Waals surface area contributed by atoms with E-state index in [1.165, 1.54) is 0 Å². The first-order valence-corrected chi connectivity index (χ1v) is 14.6. The highest BCUT2D eigenvalue weighted by molar-refractivity contribution is 5.75. The number of amides is 1. The molecule has 1 rings (SSSR count). The van der Waals surface area contributed by atoms with E-state index in [1.807, 2.05) is 0 Å². The third kappa shape index (κ3) is 12.1. The summed E-state index contributed by atoms with van der Waals surface area (Å²) in [4.78, 5) is 12.2. The van der Waals surface area contributed by atoms with Gasteiger partial charge in [-0.05, 0) is 25.7 Å². The van der Waals surface area contributed by atoms with Gasteiger partial charge >= 0.3 is 0 Å². The fourth-order valence-electron chi connectivity index (χ4n) is 4.21. The summed E-state index contributed by atoms with van der Waals surface area (Å²) in [6, 6.07) is -0.823. The van der Waals surface area contributed by atoms with Crippen molar-refractivity contribution < 1.29 is 43.4 Å². The number of hydrogen-bond acceptors (Lipinski definition) is 9. The predicted octanol–water partition coefficient (Wildman–Crippen LogP) is 2.96. The summed E-state index contributed by atoms with van der Waals surface area (Å²) >= 11 is 0. The van der Waals surface area contributed by atoms with Crippen molar-refractivity contribution in [2.75, 3.05) is 40.1 Å². The molecule has 226 valence electrons. The minimum absolute atomic E-state index is 0.0784. The molecule has 8 atom stereocenters. The number of aliphatic hydroxyl groups is 2. The number of rotatable bonds is 22. The van der Waals surface area contributed by atoms with Gasteiger partial charge in [0.05, 0.1) is 25.4 Å². The fraction of sp³-hybridized carbons (Fsp3) is 0.964. The van der Waals surface area contributed by atoms with E-state index < -0.39 is 49.0 Å². The zero-order valence-electron chi connectivity index (χ0n) is 24.6. The number of ether oxygens (including phenoxy) is 6. The molecular weight excluding hydrogens is 494 g/mol. The highest BCUT2D eigenvalue weighted by Gasteiger charge is 2.49. The molecule has 1 saturated heterocycles. The van der Waals surface area contributed by atoms with Crippen LogP contribution in [0.15, 0.2) is 0 Å². The second-order valence-corrected chi connectivity index (χ2v) is 9.89. The third-order valence-electron chi connectivity index (χ3n) is 6.68. The van der Waals surface area contributed by atoms with Crippen molar-refractivity contribution in [3.8, 4) is 0 Å². The summed E-state index contributed by atoms with van der Waals surface area (Å²) in [7, 11) is 1.61. The van der Waals surface area contributed by atoms with Crippen molar-refractivity contribution in [3.05, 3.63) is 0 Å². The van der Waals surface area contributed by atoms with Gasteiger partial charge in [-0.25, -0.2) is 0 Å². The third-order valence-corrected chi connectivity index (χ3v) is 6.68. The first-order chi connectivity index (χ1) is 18.4. The first-order valence-electron chi connectivity index (χ1n) is 14.6. The van der Waals surface area contributed by atoms with Gasteiger partial charge in [0, 0.05) is 33.4 Å². The molecule has 0 aromatic heterocycles. The van der Waals surface area contributed by atoms with Crippen LogP contribution in [0.1, 0.15) is 86.0 Å². The van der Waals surface area contributed by atoms with E-state index in [4.69, 9.17) is 28.4 Å². The standard InChI is InChI=1S/C28H55NO9/c1-7-12-15-34-25-22(19-33-6)38-28(27(36-17-14-9-3)26(25)35-16-13-8-2)37-18-20(29-23(31)11-5)24(32)21(30)10-4/h20-22,24-28,30,32H,7-19H2,1-6H3,(H,29,31)/t20-,21+,22?,24-,25-,26-,27?,28-/m0/s1. The van der Waals surface area contributed by atoms with E-state index in [0.29, 0.717) is 26.2 Å². The molecule has 2 unspecified atom stereocenters. The molecule has 1 aliphatic rings. The zero-order valence-corrected chi connectivity index (χ0v) is 24.6. The molecule has 38 heavy (non-hydrogen) atoms. The van der Waals surface area contributed by atoms with E-state index in [1.54, 1.807) is 21.0 Å². The maximum Gasteiger partial charge on any atom is 0.220 e. The summed E-state index contributed by atoms with van der Waals surface area (Å²) in [6.45, 7) is 11.6. The molecule has 0 aromatic rings. The Bertz CT molecular complexity index is 597. The van der Waals surface area contributed by atoms with Crippen LogP contribution >= 0.6 is 0 Å². The molecule has 0 aromatic carbocycles. The van der Waals surface area contributed by atoms with Crippen LogP contribution in [0, 0.1) is 0 Å². The molecule has 0 spiro atoms. The smallest absolute Gasteiger partial charge is 0.220 e. The van der Waals surface area contributed by atoms with Gasteiger partial charge in [0.25, 0.3) is 0 Å². The van der Waals surface area contributed by atoms with Crippen LogP contribution in [0.3, 0.4) is 0 Å². The quantitative estimate of drug-likeness (QED) is 0.175. The monoisotopic (exact) mass is 549 g/mol. The summed E-state index contributed by atoms with van der Waals surface area (Å²) in [5.74, 6) is -0.247. The van der Waals surface area contributed by atoms with Gasteiger partial charge in [0.2, 0.25) is 5.91 Å². The molecule has 10 heteroatoms. The molecule has 10 nitrogen and oxygen atoms in total. The van der Waals surface area contributed by atoms with Gasteiger partial charge in [-0.15, -0.1) is 0 Å². The lowest BCUT2D eigenvalue weighted by molar-refractivity contribution is -0.324. The minimum Gasteiger partial charge on any atom is -0.390 e. The van der Waals surface area contributed by atoms with E-state index in [9.17, 15) is 15.0 Å². The second-order valence-electron chi connectivity index (χ2n) is 9.89. The maximum atomic E-state index is 12.2. The van der Waals surface area contributed by atoms with Gasteiger partial charge in [0.1, 0.15) is 30.5 Å². The van der Waals surface area contributed by atoms with Crippen molar-refractivity contribution in [2.45, 2.75) is 135 Å². The fourth-order valence-corrected chi connectivity index (χ4v) is 4.21. The maximum absolute atomic E-state index is 12.2. The molecule has 1 fully saturated rings. The molecule has 1 amide bonds. The Morgan fingerprint density at radius 2 is 1.39 bits per heavy atom. The number of unbranched alkanes of at least 4 members (excludes halogenated alkanes) is 3. The molecule has 1 heterocycles. The zero-order chi connectivity index (χ0) is 28.3. The van der Waals surface area contributed by atoms with Crippen LogP contribution < -0.4 is 5.32 Å². The van der Waals surface area contributed by atoms with Crippen LogP contribution in [0.25, 0.3) is 0 Å². The summed E-state index contributed by atoms with van der Waals surface area (Å²) in [5, 5.41) is 23.7. The summed E-state index contributed by atoms with van der Waals surface area (Å²) in [6.07, 6.45) is 1.24. The Balaban J connectivity index is 3.23. The Kier molecular flexibility index (Phi) is 19.4. The van der Waals surface area contributed by atoms with Gasteiger partial charge < -0.3 is 44.0 Å². The number of hydrogen-bond donors (Lipinski definition) is 3. The van der Waals surface area contributed by atoms with Crippen molar-refractivity contribution >= 4 is 5.91 Å². The lowest BCUT2D eigenvalue weighted by atomic mass is 9.97. The molecular formula is C28H55NO9. The van der Waals surface area contributed by atoms with E-state index in [0.717, 1.165) is 38.5 Å². The highest BCUT2D eigenvalue weighted by atomic mass is 16.7. The Morgan fingerprint density at radius 1 is 0.842 bits per heavy atom. The molecule has 0 radical (unpaired) electrons. The number of carbonyl (C=O) groups excluding carboxylic acids is 1. The predicted molar refractivity (Wildman–Crippen MR) is 145 cm³/mol. The van der Waals surface area contributed by atoms with Crippen molar-refractivity contribution in [1.82, 2.24) is 5.32 Å². The van der Waals surface area contributed by atoms with E-state index in [-0.39, 0.29) is 25.5 Å². The Labute approximate surface area is 230 Å². The molecule has 3 N–H and O–H groups in total. The number of methoxy groups -OCH3 is 1. The molecule has 0 aliphatic carbocycles. The largest absolute Gasteiger partial charge is 0.390 e. The number of aliphatic hydroxyl groups excluding tert-OH is 2. The van der Waals surface area contributed by atoms with Gasteiger partial charge in [-0.2, -0.15) is 0 Å². The van der Waals surface area contributed by atoms with Crippen LogP contribution in [0.5, 0.6) is 0 Å².